The summed E-state index contributed by atoms with van der Waals surface area (Å²) < 4.78 is 4.68. The second-order valence-electron chi connectivity index (χ2n) is 6.95. The van der Waals surface area contributed by atoms with Gasteiger partial charge in [0, 0.05) is 39.6 Å². The quantitative estimate of drug-likeness (QED) is 0.610. The van der Waals surface area contributed by atoms with Crippen molar-refractivity contribution in [2.24, 2.45) is 0 Å². The first-order valence-electron chi connectivity index (χ1n) is 9.91. The Labute approximate surface area is 177 Å². The molecule has 3 amide bonds. The molecule has 0 aromatic heterocycles. The summed E-state index contributed by atoms with van der Waals surface area (Å²) in [7, 11) is 3.04. The number of amides is 3. The average molecular weight is 412 g/mol. The SMILES string of the molecule is COC(=O)CCN(Cc1ccccc1)C(=O)CCNC(=O)N(C)Cc1ccccc1. The number of carbonyl (C=O) groups excluding carboxylic acids is 3. The molecule has 0 bridgehead atoms. The Morgan fingerprint density at radius 3 is 2.00 bits per heavy atom. The van der Waals surface area contributed by atoms with Gasteiger partial charge >= 0.3 is 12.0 Å². The third-order valence-corrected chi connectivity index (χ3v) is 4.61. The Balaban J connectivity index is 1.84. The minimum absolute atomic E-state index is 0.126. The monoisotopic (exact) mass is 411 g/mol. The number of nitrogens with one attached hydrogen (secondary N) is 1. The molecule has 2 aromatic carbocycles. The molecule has 2 aromatic rings. The lowest BCUT2D eigenvalue weighted by Crippen LogP contribution is -2.40. The van der Waals surface area contributed by atoms with Gasteiger partial charge in [-0.1, -0.05) is 60.7 Å². The van der Waals surface area contributed by atoms with Crippen LogP contribution in [0.1, 0.15) is 24.0 Å². The summed E-state index contributed by atoms with van der Waals surface area (Å²) in [5.74, 6) is -0.495. The Hall–Kier alpha value is -3.35. The largest absolute Gasteiger partial charge is 0.469 e. The van der Waals surface area contributed by atoms with E-state index in [1.807, 2.05) is 60.7 Å². The molecule has 30 heavy (non-hydrogen) atoms. The van der Waals surface area contributed by atoms with E-state index in [0.717, 1.165) is 11.1 Å². The molecule has 0 aliphatic heterocycles. The van der Waals surface area contributed by atoms with E-state index in [4.69, 9.17) is 0 Å². The van der Waals surface area contributed by atoms with Crippen LogP contribution in [0.3, 0.4) is 0 Å². The van der Waals surface area contributed by atoms with E-state index in [1.54, 1.807) is 16.8 Å². The zero-order valence-electron chi connectivity index (χ0n) is 17.5. The molecule has 160 valence electrons. The van der Waals surface area contributed by atoms with Crippen molar-refractivity contribution in [2.75, 3.05) is 27.2 Å². The van der Waals surface area contributed by atoms with Crippen LogP contribution in [0.15, 0.2) is 60.7 Å². The maximum atomic E-state index is 12.7. The molecule has 1 N–H and O–H groups in total. The highest BCUT2D eigenvalue weighted by Crippen LogP contribution is 2.08. The molecule has 0 aliphatic rings. The highest BCUT2D eigenvalue weighted by atomic mass is 16.5. The lowest BCUT2D eigenvalue weighted by molar-refractivity contribution is -0.141. The predicted molar refractivity (Wildman–Crippen MR) is 114 cm³/mol. The van der Waals surface area contributed by atoms with E-state index in [0.29, 0.717) is 13.1 Å². The van der Waals surface area contributed by atoms with Gasteiger partial charge < -0.3 is 19.9 Å². The standard InChI is InChI=1S/C23H29N3O4/c1-25(17-19-9-5-3-6-10-19)23(29)24-15-13-21(27)26(16-14-22(28)30-2)18-20-11-7-4-8-12-20/h3-12H,13-18H2,1-2H3,(H,24,29). The van der Waals surface area contributed by atoms with Crippen molar-refractivity contribution in [3.63, 3.8) is 0 Å². The molecule has 0 heterocycles. The topological polar surface area (TPSA) is 79.0 Å². The van der Waals surface area contributed by atoms with Crippen molar-refractivity contribution >= 4 is 17.9 Å². The van der Waals surface area contributed by atoms with Gasteiger partial charge in [-0.15, -0.1) is 0 Å². The third-order valence-electron chi connectivity index (χ3n) is 4.61. The van der Waals surface area contributed by atoms with Crippen LogP contribution in [0.25, 0.3) is 0 Å². The van der Waals surface area contributed by atoms with Gasteiger partial charge in [-0.2, -0.15) is 0 Å². The molecule has 0 saturated carbocycles. The molecular formula is C23H29N3O4. The van der Waals surface area contributed by atoms with Gasteiger partial charge in [-0.05, 0) is 11.1 Å². The van der Waals surface area contributed by atoms with Crippen LogP contribution in [0.4, 0.5) is 4.79 Å². The van der Waals surface area contributed by atoms with Crippen LogP contribution in [0.2, 0.25) is 0 Å². The van der Waals surface area contributed by atoms with Crippen LogP contribution in [0, 0.1) is 0 Å². The number of carbonyl (C=O) groups is 3. The second-order valence-corrected chi connectivity index (χ2v) is 6.95. The van der Waals surface area contributed by atoms with Crippen LogP contribution in [-0.2, 0) is 27.4 Å². The minimum Gasteiger partial charge on any atom is -0.469 e. The number of nitrogens with zero attached hydrogens (tertiary/aromatic N) is 2. The number of hydrogen-bond acceptors (Lipinski definition) is 4. The highest BCUT2D eigenvalue weighted by molar-refractivity contribution is 5.79. The lowest BCUT2D eigenvalue weighted by atomic mass is 10.2. The van der Waals surface area contributed by atoms with E-state index in [1.165, 1.54) is 7.11 Å². The van der Waals surface area contributed by atoms with Crippen molar-refractivity contribution in [3.8, 4) is 0 Å². The number of methoxy groups -OCH3 is 1. The van der Waals surface area contributed by atoms with Gasteiger partial charge in [0.1, 0.15) is 0 Å². The molecule has 0 aliphatic carbocycles. The number of rotatable bonds is 10. The molecule has 0 atom stereocenters. The molecular weight excluding hydrogens is 382 g/mol. The summed E-state index contributed by atoms with van der Waals surface area (Å²) >= 11 is 0. The van der Waals surface area contributed by atoms with E-state index < -0.39 is 0 Å². The summed E-state index contributed by atoms with van der Waals surface area (Å²) in [6, 6.07) is 19.0. The highest BCUT2D eigenvalue weighted by Gasteiger charge is 2.17. The number of esters is 1. The summed E-state index contributed by atoms with van der Waals surface area (Å²) in [5, 5.41) is 2.78. The summed E-state index contributed by atoms with van der Waals surface area (Å²) in [4.78, 5) is 39.7. The average Bonchev–Trinajstić information content (AvgIpc) is 2.77. The van der Waals surface area contributed by atoms with E-state index in [-0.39, 0.29) is 43.8 Å². The fourth-order valence-electron chi connectivity index (χ4n) is 2.92. The number of ether oxygens (including phenoxy) is 1. The number of hydrogen-bond donors (Lipinski definition) is 1. The Kier molecular flexibility index (Phi) is 9.37. The number of urea groups is 1. The molecule has 0 radical (unpaired) electrons. The molecule has 0 fully saturated rings. The van der Waals surface area contributed by atoms with Gasteiger partial charge in [-0.25, -0.2) is 4.79 Å². The second kappa shape index (κ2) is 12.3. The minimum atomic E-state index is -0.364. The van der Waals surface area contributed by atoms with Gasteiger partial charge in [-0.3, -0.25) is 9.59 Å². The zero-order chi connectivity index (χ0) is 21.8. The molecule has 7 heteroatoms. The third kappa shape index (κ3) is 7.95. The molecule has 2 rings (SSSR count). The molecule has 0 unspecified atom stereocenters. The first-order valence-corrected chi connectivity index (χ1v) is 9.91. The van der Waals surface area contributed by atoms with Crippen molar-refractivity contribution in [3.05, 3.63) is 71.8 Å². The van der Waals surface area contributed by atoms with Crippen molar-refractivity contribution < 1.29 is 19.1 Å². The van der Waals surface area contributed by atoms with Crippen molar-refractivity contribution in [1.29, 1.82) is 0 Å². The van der Waals surface area contributed by atoms with Crippen LogP contribution in [0.5, 0.6) is 0 Å². The molecule has 0 saturated heterocycles. The Morgan fingerprint density at radius 1 is 0.867 bits per heavy atom. The van der Waals surface area contributed by atoms with Crippen LogP contribution < -0.4 is 5.32 Å². The normalized spacial score (nSPS) is 10.2. The van der Waals surface area contributed by atoms with E-state index >= 15 is 0 Å². The molecule has 0 spiro atoms. The smallest absolute Gasteiger partial charge is 0.317 e. The fraction of sp³-hybridized carbons (Fsp3) is 0.348. The first-order chi connectivity index (χ1) is 14.5. The number of benzene rings is 2. The maximum absolute atomic E-state index is 12.7. The van der Waals surface area contributed by atoms with Crippen molar-refractivity contribution in [2.45, 2.75) is 25.9 Å². The predicted octanol–water partition coefficient (Wildman–Crippen LogP) is 2.81. The Bertz CT molecular complexity index is 812. The fourth-order valence-corrected chi connectivity index (χ4v) is 2.92. The van der Waals surface area contributed by atoms with Gasteiger partial charge in [0.05, 0.1) is 13.5 Å². The van der Waals surface area contributed by atoms with E-state index in [9.17, 15) is 14.4 Å². The Morgan fingerprint density at radius 2 is 1.43 bits per heavy atom. The first kappa shape index (κ1) is 22.9. The van der Waals surface area contributed by atoms with Gasteiger partial charge in [0.25, 0.3) is 0 Å². The van der Waals surface area contributed by atoms with Gasteiger partial charge in [0.15, 0.2) is 0 Å². The molecule has 7 nitrogen and oxygen atoms in total. The summed E-state index contributed by atoms with van der Waals surface area (Å²) in [6.45, 7) is 1.38. The van der Waals surface area contributed by atoms with Crippen molar-refractivity contribution in [1.82, 2.24) is 15.1 Å². The van der Waals surface area contributed by atoms with Crippen LogP contribution >= 0.6 is 0 Å². The lowest BCUT2D eigenvalue weighted by Gasteiger charge is -2.23. The van der Waals surface area contributed by atoms with Crippen LogP contribution in [-0.4, -0.2) is 55.0 Å². The summed E-state index contributed by atoms with van der Waals surface area (Å²) in [6.07, 6.45) is 0.278. The maximum Gasteiger partial charge on any atom is 0.317 e. The van der Waals surface area contributed by atoms with E-state index in [2.05, 4.69) is 10.1 Å². The summed E-state index contributed by atoms with van der Waals surface area (Å²) in [5.41, 5.74) is 2.01. The zero-order valence-corrected chi connectivity index (χ0v) is 17.5. The van der Waals surface area contributed by atoms with Gasteiger partial charge in [0.2, 0.25) is 5.91 Å².